The van der Waals surface area contributed by atoms with E-state index in [1.165, 1.54) is 19.4 Å². The van der Waals surface area contributed by atoms with Crippen molar-refractivity contribution in [3.05, 3.63) is 29.8 Å². The lowest BCUT2D eigenvalue weighted by Gasteiger charge is -2.32. The van der Waals surface area contributed by atoms with Crippen LogP contribution in [0.3, 0.4) is 0 Å². The number of hydrogen-bond donors (Lipinski definition) is 0. The lowest BCUT2D eigenvalue weighted by Crippen LogP contribution is -2.38. The van der Waals surface area contributed by atoms with Crippen molar-refractivity contribution in [2.45, 2.75) is 19.3 Å². The highest BCUT2D eigenvalue weighted by molar-refractivity contribution is 5.36. The molecule has 0 saturated carbocycles. The number of likely N-dealkylation sites (tertiary alicyclic amines) is 1. The van der Waals surface area contributed by atoms with Gasteiger partial charge < -0.3 is 14.4 Å². The summed E-state index contributed by atoms with van der Waals surface area (Å²) in [6, 6.07) is 9.46. The van der Waals surface area contributed by atoms with E-state index in [0.717, 1.165) is 31.9 Å². The molecule has 0 radical (unpaired) electrons. The topological polar surface area (TPSA) is 45.5 Å². The molecule has 1 aromatic carbocycles. The van der Waals surface area contributed by atoms with Gasteiger partial charge >= 0.3 is 0 Å². The molecule has 0 amide bonds. The molecule has 21 heavy (non-hydrogen) atoms. The standard InChI is InChI=1S/C17H24N2O2/c1-20-14-16-6-3-8-19(13-16)9-4-10-21-17-7-2-5-15(11-17)12-18/h2,5,7,11,16H,3-4,6,8-10,13-14H2,1H3. The Labute approximate surface area is 127 Å². The molecule has 0 N–H and O–H groups in total. The smallest absolute Gasteiger partial charge is 0.120 e. The van der Waals surface area contributed by atoms with Crippen molar-refractivity contribution in [3.8, 4) is 11.8 Å². The normalized spacial score (nSPS) is 19.1. The van der Waals surface area contributed by atoms with Crippen LogP contribution in [0, 0.1) is 17.2 Å². The van der Waals surface area contributed by atoms with Crippen molar-refractivity contribution in [3.63, 3.8) is 0 Å². The van der Waals surface area contributed by atoms with Gasteiger partial charge in [-0.05, 0) is 49.9 Å². The lowest BCUT2D eigenvalue weighted by molar-refractivity contribution is 0.0879. The van der Waals surface area contributed by atoms with Gasteiger partial charge in [-0.3, -0.25) is 0 Å². The number of benzene rings is 1. The van der Waals surface area contributed by atoms with Crippen LogP contribution in [-0.2, 0) is 4.74 Å². The lowest BCUT2D eigenvalue weighted by atomic mass is 9.99. The van der Waals surface area contributed by atoms with Crippen molar-refractivity contribution in [1.29, 1.82) is 5.26 Å². The van der Waals surface area contributed by atoms with Gasteiger partial charge in [0.1, 0.15) is 5.75 Å². The number of methoxy groups -OCH3 is 1. The molecule has 114 valence electrons. The number of nitriles is 1. The van der Waals surface area contributed by atoms with E-state index in [-0.39, 0.29) is 0 Å². The molecule has 4 heteroatoms. The summed E-state index contributed by atoms with van der Waals surface area (Å²) in [5, 5.41) is 8.85. The molecule has 0 bridgehead atoms. The highest BCUT2D eigenvalue weighted by atomic mass is 16.5. The highest BCUT2D eigenvalue weighted by Crippen LogP contribution is 2.17. The molecule has 2 rings (SSSR count). The Hall–Kier alpha value is -1.57. The van der Waals surface area contributed by atoms with Crippen LogP contribution in [0.2, 0.25) is 0 Å². The van der Waals surface area contributed by atoms with Gasteiger partial charge in [0.15, 0.2) is 0 Å². The monoisotopic (exact) mass is 288 g/mol. The van der Waals surface area contributed by atoms with Crippen LogP contribution in [0.5, 0.6) is 5.75 Å². The zero-order chi connectivity index (χ0) is 14.9. The first kappa shape index (κ1) is 15.8. The average molecular weight is 288 g/mol. The Balaban J connectivity index is 1.66. The van der Waals surface area contributed by atoms with E-state index in [1.54, 1.807) is 19.2 Å². The molecule has 1 saturated heterocycles. The zero-order valence-corrected chi connectivity index (χ0v) is 12.8. The maximum atomic E-state index is 8.85. The molecular formula is C17H24N2O2. The van der Waals surface area contributed by atoms with E-state index in [4.69, 9.17) is 14.7 Å². The van der Waals surface area contributed by atoms with Gasteiger partial charge in [0.25, 0.3) is 0 Å². The Kier molecular flexibility index (Phi) is 6.52. The summed E-state index contributed by atoms with van der Waals surface area (Å²) >= 11 is 0. The fourth-order valence-corrected chi connectivity index (χ4v) is 2.86. The van der Waals surface area contributed by atoms with Gasteiger partial charge in [-0.15, -0.1) is 0 Å². The second-order valence-electron chi connectivity index (χ2n) is 5.61. The number of ether oxygens (including phenoxy) is 2. The first-order chi connectivity index (χ1) is 10.3. The molecular weight excluding hydrogens is 264 g/mol. The molecule has 1 aliphatic rings. The van der Waals surface area contributed by atoms with Gasteiger partial charge in [-0.2, -0.15) is 5.26 Å². The van der Waals surface area contributed by atoms with Gasteiger partial charge in [0.05, 0.1) is 24.8 Å². The third-order valence-electron chi connectivity index (χ3n) is 3.86. The number of nitrogens with zero attached hydrogens (tertiary/aromatic N) is 2. The Bertz CT molecular complexity index is 468. The third-order valence-corrected chi connectivity index (χ3v) is 3.86. The van der Waals surface area contributed by atoms with Crippen molar-refractivity contribution in [2.24, 2.45) is 5.92 Å². The molecule has 1 aliphatic heterocycles. The molecule has 1 aromatic rings. The maximum absolute atomic E-state index is 8.85. The summed E-state index contributed by atoms with van der Waals surface area (Å²) in [7, 11) is 1.78. The van der Waals surface area contributed by atoms with Crippen LogP contribution < -0.4 is 4.74 Å². The van der Waals surface area contributed by atoms with E-state index in [9.17, 15) is 0 Å². The number of piperidine rings is 1. The third kappa shape index (κ3) is 5.37. The number of rotatable bonds is 7. The van der Waals surface area contributed by atoms with Crippen LogP contribution in [-0.4, -0.2) is 44.9 Å². The SMILES string of the molecule is COCC1CCCN(CCCOc2cccc(C#N)c2)C1. The van der Waals surface area contributed by atoms with E-state index in [0.29, 0.717) is 18.1 Å². The first-order valence-corrected chi connectivity index (χ1v) is 7.66. The summed E-state index contributed by atoms with van der Waals surface area (Å²) < 4.78 is 11.0. The summed E-state index contributed by atoms with van der Waals surface area (Å²) in [6.07, 6.45) is 3.55. The van der Waals surface area contributed by atoms with Crippen LogP contribution in [0.25, 0.3) is 0 Å². The molecule has 1 heterocycles. The van der Waals surface area contributed by atoms with Gasteiger partial charge in [-0.1, -0.05) is 6.07 Å². The largest absolute Gasteiger partial charge is 0.494 e. The van der Waals surface area contributed by atoms with Crippen LogP contribution in [0.1, 0.15) is 24.8 Å². The summed E-state index contributed by atoms with van der Waals surface area (Å²) in [5.74, 6) is 1.46. The van der Waals surface area contributed by atoms with Gasteiger partial charge in [0, 0.05) is 20.2 Å². The van der Waals surface area contributed by atoms with Crippen LogP contribution in [0.4, 0.5) is 0 Å². The van der Waals surface area contributed by atoms with Gasteiger partial charge in [0.2, 0.25) is 0 Å². The van der Waals surface area contributed by atoms with Crippen molar-refractivity contribution < 1.29 is 9.47 Å². The molecule has 1 fully saturated rings. The fourth-order valence-electron chi connectivity index (χ4n) is 2.86. The Morgan fingerprint density at radius 2 is 2.33 bits per heavy atom. The molecule has 0 spiro atoms. The molecule has 0 aromatic heterocycles. The highest BCUT2D eigenvalue weighted by Gasteiger charge is 2.19. The fraction of sp³-hybridized carbons (Fsp3) is 0.588. The predicted molar refractivity (Wildman–Crippen MR) is 82.3 cm³/mol. The van der Waals surface area contributed by atoms with E-state index in [2.05, 4.69) is 11.0 Å². The van der Waals surface area contributed by atoms with Gasteiger partial charge in [-0.25, -0.2) is 0 Å². The van der Waals surface area contributed by atoms with Crippen LogP contribution in [0.15, 0.2) is 24.3 Å². The van der Waals surface area contributed by atoms with E-state index >= 15 is 0 Å². The number of hydrogen-bond acceptors (Lipinski definition) is 4. The second kappa shape index (κ2) is 8.66. The molecule has 4 nitrogen and oxygen atoms in total. The molecule has 1 atom stereocenters. The maximum Gasteiger partial charge on any atom is 0.120 e. The summed E-state index contributed by atoms with van der Waals surface area (Å²) in [5.41, 5.74) is 0.644. The van der Waals surface area contributed by atoms with E-state index in [1.807, 2.05) is 12.1 Å². The summed E-state index contributed by atoms with van der Waals surface area (Å²) in [6.45, 7) is 4.95. The quantitative estimate of drug-likeness (QED) is 0.724. The van der Waals surface area contributed by atoms with E-state index < -0.39 is 0 Å². The minimum absolute atomic E-state index is 0.644. The van der Waals surface area contributed by atoms with Crippen molar-refractivity contribution in [2.75, 3.05) is 40.0 Å². The Morgan fingerprint density at radius 1 is 1.43 bits per heavy atom. The summed E-state index contributed by atoms with van der Waals surface area (Å²) in [4.78, 5) is 2.50. The van der Waals surface area contributed by atoms with Crippen LogP contribution >= 0.6 is 0 Å². The minimum atomic E-state index is 0.644. The Morgan fingerprint density at radius 3 is 3.14 bits per heavy atom. The molecule has 1 unspecified atom stereocenters. The average Bonchev–Trinajstić information content (AvgIpc) is 2.52. The molecule has 0 aliphatic carbocycles. The van der Waals surface area contributed by atoms with Crippen molar-refractivity contribution >= 4 is 0 Å². The predicted octanol–water partition coefficient (Wildman–Crippen LogP) is 2.69. The van der Waals surface area contributed by atoms with Crippen molar-refractivity contribution in [1.82, 2.24) is 4.90 Å². The second-order valence-corrected chi connectivity index (χ2v) is 5.61. The first-order valence-electron chi connectivity index (χ1n) is 7.66. The zero-order valence-electron chi connectivity index (χ0n) is 12.8. The minimum Gasteiger partial charge on any atom is -0.494 e.